The molecule has 2 heterocycles. The first kappa shape index (κ1) is 12.2. The van der Waals surface area contributed by atoms with Crippen molar-refractivity contribution in [2.24, 2.45) is 5.92 Å². The lowest BCUT2D eigenvalue weighted by Crippen LogP contribution is -2.48. The van der Waals surface area contributed by atoms with Crippen LogP contribution in [0.4, 0.5) is 4.79 Å². The summed E-state index contributed by atoms with van der Waals surface area (Å²) in [6.45, 7) is 5.65. The Kier molecular flexibility index (Phi) is 3.03. The van der Waals surface area contributed by atoms with Gasteiger partial charge in [0.1, 0.15) is 5.60 Å². The lowest BCUT2D eigenvalue weighted by Gasteiger charge is -2.37. The molecule has 2 aliphatic heterocycles. The Morgan fingerprint density at radius 2 is 1.82 bits per heavy atom. The molecule has 0 aromatic rings. The van der Waals surface area contributed by atoms with Crippen molar-refractivity contribution in [2.45, 2.75) is 64.1 Å². The lowest BCUT2D eigenvalue weighted by molar-refractivity contribution is 0.00482. The summed E-state index contributed by atoms with van der Waals surface area (Å²) in [6.07, 6.45) is 3.45. The zero-order valence-electron chi connectivity index (χ0n) is 10.8. The standard InChI is InChI=1S/C13H20N2O2/c1-13(2,3)17-12(16)15-10-4-5-11(15)7-9(6-10)8-14/h9-11H,4-7H2,1-3H3. The fourth-order valence-corrected chi connectivity index (χ4v) is 2.90. The first-order chi connectivity index (χ1) is 7.90. The summed E-state index contributed by atoms with van der Waals surface area (Å²) in [4.78, 5) is 14.0. The zero-order chi connectivity index (χ0) is 12.6. The van der Waals surface area contributed by atoms with Crippen molar-refractivity contribution in [1.82, 2.24) is 4.90 Å². The predicted octanol–water partition coefficient (Wildman–Crippen LogP) is 2.69. The van der Waals surface area contributed by atoms with Crippen LogP contribution in [0.2, 0.25) is 0 Å². The van der Waals surface area contributed by atoms with Gasteiger partial charge in [-0.15, -0.1) is 0 Å². The maximum Gasteiger partial charge on any atom is 0.410 e. The first-order valence-corrected chi connectivity index (χ1v) is 6.31. The molecule has 2 fully saturated rings. The molecule has 94 valence electrons. The van der Waals surface area contributed by atoms with Crippen LogP contribution in [-0.4, -0.2) is 28.7 Å². The Morgan fingerprint density at radius 3 is 2.24 bits per heavy atom. The van der Waals surface area contributed by atoms with Crippen molar-refractivity contribution < 1.29 is 9.53 Å². The number of rotatable bonds is 0. The van der Waals surface area contributed by atoms with Crippen LogP contribution in [-0.2, 0) is 4.74 Å². The summed E-state index contributed by atoms with van der Waals surface area (Å²) in [7, 11) is 0. The van der Waals surface area contributed by atoms with Crippen molar-refractivity contribution in [3.63, 3.8) is 0 Å². The normalized spacial score (nSPS) is 32.1. The minimum absolute atomic E-state index is 0.117. The van der Waals surface area contributed by atoms with E-state index in [0.29, 0.717) is 0 Å². The lowest BCUT2D eigenvalue weighted by atomic mass is 9.92. The number of amides is 1. The molecule has 17 heavy (non-hydrogen) atoms. The number of hydrogen-bond acceptors (Lipinski definition) is 3. The van der Waals surface area contributed by atoms with Crippen LogP contribution in [0.15, 0.2) is 0 Å². The van der Waals surface area contributed by atoms with Gasteiger partial charge in [-0.05, 0) is 46.5 Å². The van der Waals surface area contributed by atoms with E-state index in [-0.39, 0.29) is 24.1 Å². The Morgan fingerprint density at radius 1 is 1.29 bits per heavy atom. The molecule has 0 aliphatic carbocycles. The molecule has 2 aliphatic rings. The van der Waals surface area contributed by atoms with Crippen LogP contribution in [0.25, 0.3) is 0 Å². The molecule has 0 N–H and O–H groups in total. The van der Waals surface area contributed by atoms with Crippen LogP contribution in [0.5, 0.6) is 0 Å². The molecule has 2 bridgehead atoms. The molecule has 4 nitrogen and oxygen atoms in total. The monoisotopic (exact) mass is 236 g/mol. The van der Waals surface area contributed by atoms with Gasteiger partial charge in [-0.1, -0.05) is 0 Å². The molecule has 0 aromatic heterocycles. The summed E-state index contributed by atoms with van der Waals surface area (Å²) in [5.74, 6) is 0.117. The van der Waals surface area contributed by atoms with Crippen molar-refractivity contribution in [2.75, 3.05) is 0 Å². The molecule has 4 heteroatoms. The summed E-state index contributed by atoms with van der Waals surface area (Å²) in [5, 5.41) is 8.98. The maximum absolute atomic E-state index is 12.1. The topological polar surface area (TPSA) is 53.3 Å². The zero-order valence-corrected chi connectivity index (χ0v) is 10.8. The minimum atomic E-state index is -0.442. The van der Waals surface area contributed by atoms with Gasteiger partial charge < -0.3 is 9.64 Å². The number of ether oxygens (including phenoxy) is 1. The molecule has 2 saturated heterocycles. The van der Waals surface area contributed by atoms with Gasteiger partial charge in [0.15, 0.2) is 0 Å². The van der Waals surface area contributed by atoms with E-state index in [4.69, 9.17) is 10.00 Å². The van der Waals surface area contributed by atoms with Gasteiger partial charge >= 0.3 is 6.09 Å². The number of nitrogens with zero attached hydrogens (tertiary/aromatic N) is 2. The van der Waals surface area contributed by atoms with E-state index in [2.05, 4.69) is 6.07 Å². The Bertz CT molecular complexity index is 339. The molecule has 0 aromatic carbocycles. The third kappa shape index (κ3) is 2.54. The van der Waals surface area contributed by atoms with Gasteiger partial charge in [-0.3, -0.25) is 0 Å². The first-order valence-electron chi connectivity index (χ1n) is 6.31. The number of carbonyl (C=O) groups excluding carboxylic acids is 1. The highest BCUT2D eigenvalue weighted by Gasteiger charge is 2.44. The van der Waals surface area contributed by atoms with E-state index in [1.165, 1.54) is 0 Å². The van der Waals surface area contributed by atoms with Crippen molar-refractivity contribution in [3.8, 4) is 6.07 Å². The second kappa shape index (κ2) is 4.21. The Balaban J connectivity index is 2.04. The SMILES string of the molecule is CC(C)(C)OC(=O)N1C2CCC1CC(C#N)C2. The number of carbonyl (C=O) groups is 1. The molecule has 0 spiro atoms. The molecule has 2 atom stereocenters. The van der Waals surface area contributed by atoms with E-state index >= 15 is 0 Å². The second-order valence-electron chi connectivity index (χ2n) is 6.07. The average molecular weight is 236 g/mol. The largest absolute Gasteiger partial charge is 0.444 e. The predicted molar refractivity (Wildman–Crippen MR) is 63.2 cm³/mol. The third-order valence-electron chi connectivity index (χ3n) is 3.52. The van der Waals surface area contributed by atoms with Crippen molar-refractivity contribution in [3.05, 3.63) is 0 Å². The Hall–Kier alpha value is -1.24. The van der Waals surface area contributed by atoms with Gasteiger partial charge in [0.2, 0.25) is 0 Å². The van der Waals surface area contributed by atoms with E-state index in [1.54, 1.807) is 0 Å². The quantitative estimate of drug-likeness (QED) is 0.649. The van der Waals surface area contributed by atoms with Gasteiger partial charge in [0, 0.05) is 12.1 Å². The highest BCUT2D eigenvalue weighted by atomic mass is 16.6. The van der Waals surface area contributed by atoms with Gasteiger partial charge in [0.05, 0.1) is 12.0 Å². The number of piperidine rings is 1. The number of fused-ring (bicyclic) bond motifs is 2. The molecule has 0 radical (unpaired) electrons. The van der Waals surface area contributed by atoms with Crippen molar-refractivity contribution in [1.29, 1.82) is 5.26 Å². The smallest absolute Gasteiger partial charge is 0.410 e. The van der Waals surface area contributed by atoms with Gasteiger partial charge in [0.25, 0.3) is 0 Å². The third-order valence-corrected chi connectivity index (χ3v) is 3.52. The molecular formula is C13H20N2O2. The average Bonchev–Trinajstić information content (AvgIpc) is 2.47. The fourth-order valence-electron chi connectivity index (χ4n) is 2.90. The van der Waals surface area contributed by atoms with Crippen molar-refractivity contribution >= 4 is 6.09 Å². The minimum Gasteiger partial charge on any atom is -0.444 e. The number of nitriles is 1. The van der Waals surface area contributed by atoms with Crippen LogP contribution in [0.3, 0.4) is 0 Å². The van der Waals surface area contributed by atoms with Crippen LogP contribution in [0, 0.1) is 17.2 Å². The maximum atomic E-state index is 12.1. The van der Waals surface area contributed by atoms with Crippen LogP contribution >= 0.6 is 0 Å². The molecule has 2 rings (SSSR count). The summed E-state index contributed by atoms with van der Waals surface area (Å²) < 4.78 is 5.43. The summed E-state index contributed by atoms with van der Waals surface area (Å²) >= 11 is 0. The highest BCUT2D eigenvalue weighted by molar-refractivity contribution is 5.69. The summed E-state index contributed by atoms with van der Waals surface area (Å²) in [5.41, 5.74) is -0.442. The van der Waals surface area contributed by atoms with E-state index < -0.39 is 5.60 Å². The van der Waals surface area contributed by atoms with Gasteiger partial charge in [-0.25, -0.2) is 4.79 Å². The molecular weight excluding hydrogens is 216 g/mol. The van der Waals surface area contributed by atoms with Crippen LogP contribution in [0.1, 0.15) is 46.5 Å². The van der Waals surface area contributed by atoms with E-state index in [1.807, 2.05) is 25.7 Å². The van der Waals surface area contributed by atoms with Gasteiger partial charge in [-0.2, -0.15) is 5.26 Å². The summed E-state index contributed by atoms with van der Waals surface area (Å²) in [6, 6.07) is 2.77. The Labute approximate surface area is 103 Å². The molecule has 2 unspecified atom stereocenters. The van der Waals surface area contributed by atoms with E-state index in [9.17, 15) is 4.79 Å². The van der Waals surface area contributed by atoms with E-state index in [0.717, 1.165) is 25.7 Å². The fraction of sp³-hybridized carbons (Fsp3) is 0.846. The van der Waals surface area contributed by atoms with Crippen LogP contribution < -0.4 is 0 Å². The molecule has 0 saturated carbocycles. The highest BCUT2D eigenvalue weighted by Crippen LogP contribution is 2.39. The number of hydrogen-bond donors (Lipinski definition) is 0. The molecule has 1 amide bonds. The second-order valence-corrected chi connectivity index (χ2v) is 6.07.